The average molecular weight is 497 g/mol. The second-order valence-electron chi connectivity index (χ2n) is 12.4. The maximum Gasteiger partial charge on any atom is 0.257 e. The highest BCUT2D eigenvalue weighted by Gasteiger charge is 2.45. The fourth-order valence-electron chi connectivity index (χ4n) is 4.84. The number of pyridine rings is 1. The molecule has 1 aromatic heterocycles. The molecule has 6 nitrogen and oxygen atoms in total. The molecule has 0 saturated heterocycles. The van der Waals surface area contributed by atoms with Gasteiger partial charge in [0, 0.05) is 17.3 Å². The number of nitrogens with zero attached hydrogens (tertiary/aromatic N) is 2. The molecule has 2 aromatic rings. The van der Waals surface area contributed by atoms with Crippen molar-refractivity contribution in [2.45, 2.75) is 104 Å². The molecule has 190 valence electrons. The predicted octanol–water partition coefficient (Wildman–Crippen LogP) is 4.94. The van der Waals surface area contributed by atoms with Gasteiger partial charge in [0.15, 0.2) is 9.04 Å². The van der Waals surface area contributed by atoms with Crippen LogP contribution < -0.4 is 10.3 Å². The Morgan fingerprint density at radius 3 is 2.31 bits per heavy atom. The summed E-state index contributed by atoms with van der Waals surface area (Å²) in [5.74, 6) is 0.570. The standard InChI is InChI=1S/C28H40N2O4Si/c1-26(2,3)20-15-30(25(32)19(16-33-35(9)10)22(20)27(4,5)6)23-18-13-17(14-29)11-12-21(18)34-28(7,8)24(23)31/h11-13,15,23-24,31,35H,16H2,1-10H3/t23-,24+/m0/s1. The number of benzene rings is 1. The Labute approximate surface area is 211 Å². The minimum absolute atomic E-state index is 0.173. The fraction of sp³-hybridized carbons (Fsp3) is 0.571. The van der Waals surface area contributed by atoms with Crippen LogP contribution in [-0.2, 0) is 21.9 Å². The summed E-state index contributed by atoms with van der Waals surface area (Å²) in [7, 11) is -1.40. The van der Waals surface area contributed by atoms with E-state index in [9.17, 15) is 15.2 Å². The Hall–Kier alpha value is -2.40. The molecule has 2 atom stereocenters. The number of aliphatic hydroxyl groups excluding tert-OH is 1. The fourth-order valence-corrected chi connectivity index (χ4v) is 5.34. The maximum absolute atomic E-state index is 14.2. The summed E-state index contributed by atoms with van der Waals surface area (Å²) in [6.45, 7) is 20.9. The molecule has 0 amide bonds. The lowest BCUT2D eigenvalue weighted by molar-refractivity contribution is -0.0644. The topological polar surface area (TPSA) is 84.5 Å². The first-order valence-electron chi connectivity index (χ1n) is 12.3. The molecule has 1 aliphatic heterocycles. The first-order chi connectivity index (χ1) is 16.0. The van der Waals surface area contributed by atoms with Gasteiger partial charge in [-0.15, -0.1) is 0 Å². The molecule has 3 rings (SSSR count). The van der Waals surface area contributed by atoms with Gasteiger partial charge >= 0.3 is 0 Å². The summed E-state index contributed by atoms with van der Waals surface area (Å²) in [5, 5.41) is 21.1. The van der Waals surface area contributed by atoms with Gasteiger partial charge < -0.3 is 18.8 Å². The first-order valence-corrected chi connectivity index (χ1v) is 15.1. The van der Waals surface area contributed by atoms with Crippen molar-refractivity contribution in [3.8, 4) is 11.8 Å². The number of hydrogen-bond donors (Lipinski definition) is 1. The molecule has 1 N–H and O–H groups in total. The predicted molar refractivity (Wildman–Crippen MR) is 142 cm³/mol. The van der Waals surface area contributed by atoms with Crippen LogP contribution in [0.1, 0.15) is 89.2 Å². The lowest BCUT2D eigenvalue weighted by Gasteiger charge is -2.43. The molecule has 0 spiro atoms. The maximum atomic E-state index is 14.2. The number of hydrogen-bond acceptors (Lipinski definition) is 5. The summed E-state index contributed by atoms with van der Waals surface area (Å²) in [4.78, 5) is 14.2. The van der Waals surface area contributed by atoms with E-state index in [2.05, 4.69) is 60.7 Å². The number of fused-ring (bicyclic) bond motifs is 1. The molecule has 0 bridgehead atoms. The normalized spacial score (nSPS) is 19.7. The van der Waals surface area contributed by atoms with Gasteiger partial charge in [0.1, 0.15) is 17.5 Å². The third kappa shape index (κ3) is 5.25. The van der Waals surface area contributed by atoms with Crippen LogP contribution in [0.15, 0.2) is 29.2 Å². The zero-order chi connectivity index (χ0) is 26.5. The van der Waals surface area contributed by atoms with Crippen LogP contribution in [0, 0.1) is 11.3 Å². The van der Waals surface area contributed by atoms with E-state index in [4.69, 9.17) is 9.16 Å². The van der Waals surface area contributed by atoms with E-state index >= 15 is 0 Å². The van der Waals surface area contributed by atoms with Crippen molar-refractivity contribution < 1.29 is 14.3 Å². The Bertz CT molecular complexity index is 1210. The Kier molecular flexibility index (Phi) is 7.17. The average Bonchev–Trinajstić information content (AvgIpc) is 2.72. The zero-order valence-electron chi connectivity index (χ0n) is 22.8. The number of aromatic nitrogens is 1. The van der Waals surface area contributed by atoms with Crippen LogP contribution in [-0.4, -0.2) is 30.4 Å². The lowest BCUT2D eigenvalue weighted by atomic mass is 9.74. The van der Waals surface area contributed by atoms with Crippen LogP contribution in [0.5, 0.6) is 5.75 Å². The van der Waals surface area contributed by atoms with Gasteiger partial charge in [-0.05, 0) is 67.1 Å². The third-order valence-electron chi connectivity index (χ3n) is 6.59. The van der Waals surface area contributed by atoms with Gasteiger partial charge in [-0.3, -0.25) is 4.79 Å². The highest BCUT2D eigenvalue weighted by Crippen LogP contribution is 2.43. The second-order valence-corrected chi connectivity index (χ2v) is 14.9. The highest BCUT2D eigenvalue weighted by atomic mass is 28.3. The monoisotopic (exact) mass is 496 g/mol. The number of nitriles is 1. The molecule has 0 saturated carbocycles. The van der Waals surface area contributed by atoms with Crippen LogP contribution in [0.3, 0.4) is 0 Å². The first kappa shape index (κ1) is 27.2. The van der Waals surface area contributed by atoms with Gasteiger partial charge in [0.05, 0.1) is 24.3 Å². The summed E-state index contributed by atoms with van der Waals surface area (Å²) in [6.07, 6.45) is 0.903. The highest BCUT2D eigenvalue weighted by molar-refractivity contribution is 6.48. The van der Waals surface area contributed by atoms with Crippen LogP contribution >= 0.6 is 0 Å². The molecule has 35 heavy (non-hydrogen) atoms. The van der Waals surface area contributed by atoms with Crippen LogP contribution in [0.25, 0.3) is 0 Å². The van der Waals surface area contributed by atoms with Gasteiger partial charge in [0.25, 0.3) is 5.56 Å². The number of aliphatic hydroxyl groups is 1. The molecule has 7 heteroatoms. The molecule has 1 aromatic carbocycles. The van der Waals surface area contributed by atoms with Gasteiger partial charge in [-0.1, -0.05) is 41.5 Å². The van der Waals surface area contributed by atoms with Gasteiger partial charge in [0.2, 0.25) is 0 Å². The molecular formula is C28H40N2O4Si. The molecule has 2 heterocycles. The molecule has 0 radical (unpaired) electrons. The summed E-state index contributed by atoms with van der Waals surface area (Å²) < 4.78 is 13.9. The van der Waals surface area contributed by atoms with Crippen molar-refractivity contribution in [1.29, 1.82) is 5.26 Å². The summed E-state index contributed by atoms with van der Waals surface area (Å²) in [5.41, 5.74) is 2.13. The Balaban J connectivity index is 2.44. The van der Waals surface area contributed by atoms with Gasteiger partial charge in [-0.2, -0.15) is 5.26 Å². The van der Waals surface area contributed by atoms with Crippen molar-refractivity contribution >= 4 is 9.04 Å². The zero-order valence-corrected chi connectivity index (χ0v) is 24.0. The largest absolute Gasteiger partial charge is 0.485 e. The smallest absolute Gasteiger partial charge is 0.257 e. The minimum atomic E-state index is -1.40. The van der Waals surface area contributed by atoms with Crippen molar-refractivity contribution in [1.82, 2.24) is 4.57 Å². The quantitative estimate of drug-likeness (QED) is 0.606. The molecular weight excluding hydrogens is 456 g/mol. The summed E-state index contributed by atoms with van der Waals surface area (Å²) >= 11 is 0. The van der Waals surface area contributed by atoms with Gasteiger partial charge in [-0.25, -0.2) is 0 Å². The Morgan fingerprint density at radius 1 is 1.17 bits per heavy atom. The second kappa shape index (κ2) is 9.23. The van der Waals surface area contributed by atoms with E-state index < -0.39 is 26.8 Å². The van der Waals surface area contributed by atoms with Crippen molar-refractivity contribution in [2.75, 3.05) is 0 Å². The summed E-state index contributed by atoms with van der Waals surface area (Å²) in [6, 6.07) is 6.63. The SMILES string of the molecule is C[SiH](C)OCc1c(C(C)(C)C)c(C(C)(C)C)cn([C@H]2c3cc(C#N)ccc3OC(C)(C)[C@@H]2O)c1=O. The van der Waals surface area contributed by atoms with E-state index in [1.54, 1.807) is 22.8 Å². The van der Waals surface area contributed by atoms with Crippen molar-refractivity contribution in [3.05, 3.63) is 62.6 Å². The van der Waals surface area contributed by atoms with E-state index in [0.717, 1.165) is 11.1 Å². The van der Waals surface area contributed by atoms with Crippen LogP contribution in [0.2, 0.25) is 13.1 Å². The minimum Gasteiger partial charge on any atom is -0.485 e. The van der Waals surface area contributed by atoms with Crippen molar-refractivity contribution in [2.24, 2.45) is 0 Å². The molecule has 0 aliphatic carbocycles. The third-order valence-corrected chi connectivity index (χ3v) is 7.43. The molecule has 1 aliphatic rings. The molecule has 0 unspecified atom stereocenters. The number of rotatable bonds is 4. The number of ether oxygens (including phenoxy) is 1. The van der Waals surface area contributed by atoms with E-state index in [0.29, 0.717) is 22.4 Å². The van der Waals surface area contributed by atoms with E-state index in [1.807, 2.05) is 20.0 Å². The van der Waals surface area contributed by atoms with E-state index in [-0.39, 0.29) is 23.0 Å². The molecule has 0 fully saturated rings. The van der Waals surface area contributed by atoms with E-state index in [1.165, 1.54) is 0 Å². The lowest BCUT2D eigenvalue weighted by Crippen LogP contribution is -2.52. The Morgan fingerprint density at radius 2 is 1.80 bits per heavy atom. The van der Waals surface area contributed by atoms with Crippen LogP contribution in [0.4, 0.5) is 0 Å². The van der Waals surface area contributed by atoms with Crippen molar-refractivity contribution in [3.63, 3.8) is 0 Å².